The predicted octanol–water partition coefficient (Wildman–Crippen LogP) is 1.63. The highest BCUT2D eigenvalue weighted by molar-refractivity contribution is 7.88. The van der Waals surface area contributed by atoms with Gasteiger partial charge in [0.1, 0.15) is 5.69 Å². The van der Waals surface area contributed by atoms with Crippen LogP contribution in [0.15, 0.2) is 53.5 Å². The molecule has 0 amide bonds. The predicted molar refractivity (Wildman–Crippen MR) is 119 cm³/mol. The van der Waals surface area contributed by atoms with E-state index in [1.807, 2.05) is 48.5 Å². The van der Waals surface area contributed by atoms with Gasteiger partial charge in [0.25, 0.3) is 5.71 Å². The lowest BCUT2D eigenvalue weighted by molar-refractivity contribution is -0.358. The number of rotatable bonds is 3. The third-order valence-electron chi connectivity index (χ3n) is 5.84. The van der Waals surface area contributed by atoms with E-state index in [1.54, 1.807) is 0 Å². The summed E-state index contributed by atoms with van der Waals surface area (Å²) in [5.41, 5.74) is 3.88. The Morgan fingerprint density at radius 3 is 2.43 bits per heavy atom. The molecule has 2 aromatic carbocycles. The Balaban J connectivity index is 1.51. The summed E-state index contributed by atoms with van der Waals surface area (Å²) in [6.07, 6.45) is 1.25. The van der Waals surface area contributed by atoms with Crippen molar-refractivity contribution >= 4 is 38.6 Å². The Bertz CT molecular complexity index is 1150. The summed E-state index contributed by atoms with van der Waals surface area (Å²) in [6.45, 7) is 3.55. The van der Waals surface area contributed by atoms with Crippen LogP contribution in [0, 0.1) is 5.21 Å². The molecule has 0 saturated carbocycles. The van der Waals surface area contributed by atoms with Crippen LogP contribution in [0.4, 0.5) is 17.1 Å². The number of piperazine rings is 1. The third-order valence-corrected chi connectivity index (χ3v) is 7.15. The lowest BCUT2D eigenvalue weighted by Gasteiger charge is -2.35. The first-order valence-corrected chi connectivity index (χ1v) is 11.8. The fourth-order valence-corrected chi connectivity index (χ4v) is 5.14. The van der Waals surface area contributed by atoms with Gasteiger partial charge in [-0.15, -0.1) is 0 Å². The second-order valence-electron chi connectivity index (χ2n) is 7.69. The molecule has 9 heteroatoms. The topological polar surface area (TPSA) is 82.3 Å². The van der Waals surface area contributed by atoms with Crippen LogP contribution in [0.1, 0.15) is 5.56 Å². The molecule has 0 spiro atoms. The summed E-state index contributed by atoms with van der Waals surface area (Å²) in [7, 11) is -3.17. The summed E-state index contributed by atoms with van der Waals surface area (Å²) >= 11 is 0. The Kier molecular flexibility index (Phi) is 4.52. The van der Waals surface area contributed by atoms with Crippen molar-refractivity contribution in [3.8, 4) is 0 Å². The number of nitrogens with zero attached hydrogens (tertiary/aromatic N) is 5. The number of hydrogen-bond acceptors (Lipinski definition) is 6. The molecule has 0 radical (unpaired) electrons. The van der Waals surface area contributed by atoms with E-state index in [1.165, 1.54) is 10.6 Å². The van der Waals surface area contributed by atoms with Gasteiger partial charge in [-0.3, -0.25) is 4.99 Å². The van der Waals surface area contributed by atoms with Gasteiger partial charge in [-0.05, 0) is 24.3 Å². The maximum atomic E-state index is 13.3. The average Bonchev–Trinajstić information content (AvgIpc) is 3.23. The maximum Gasteiger partial charge on any atom is 0.267 e. The standard InChI is InChI=1S/C21H23N5O3S/c1-30(28,29)24-13-11-23(12-14-24)17-7-8-18-19(15-17)25-10-9-22-21(25)20(26(18)27)16-5-3-2-4-6-16/h2-8,15H,9-14H2,1H3. The molecule has 1 fully saturated rings. The molecule has 2 aromatic rings. The van der Waals surface area contributed by atoms with Crippen LogP contribution in [-0.4, -0.2) is 74.5 Å². The highest BCUT2D eigenvalue weighted by Gasteiger charge is 2.38. The quantitative estimate of drug-likeness (QED) is 0.552. The van der Waals surface area contributed by atoms with Crippen LogP contribution in [-0.2, 0) is 10.0 Å². The number of aliphatic imine (C=N–C) groups is 1. The third kappa shape index (κ3) is 3.14. The minimum absolute atomic E-state index is 0.464. The van der Waals surface area contributed by atoms with Crippen molar-refractivity contribution in [1.82, 2.24) is 4.31 Å². The number of benzene rings is 2. The van der Waals surface area contributed by atoms with E-state index in [9.17, 15) is 13.6 Å². The average molecular weight is 426 g/mol. The van der Waals surface area contributed by atoms with Crippen molar-refractivity contribution in [2.45, 2.75) is 0 Å². The zero-order valence-electron chi connectivity index (χ0n) is 16.7. The monoisotopic (exact) mass is 425 g/mol. The first kappa shape index (κ1) is 19.1. The second-order valence-corrected chi connectivity index (χ2v) is 9.67. The number of fused-ring (bicyclic) bond motifs is 3. The number of hydrogen-bond donors (Lipinski definition) is 0. The van der Waals surface area contributed by atoms with Crippen molar-refractivity contribution in [1.29, 1.82) is 0 Å². The molecular weight excluding hydrogens is 402 g/mol. The van der Waals surface area contributed by atoms with Crippen molar-refractivity contribution < 1.29 is 13.2 Å². The zero-order valence-corrected chi connectivity index (χ0v) is 17.5. The molecule has 30 heavy (non-hydrogen) atoms. The highest BCUT2D eigenvalue weighted by Crippen LogP contribution is 2.38. The molecule has 5 rings (SSSR count). The summed E-state index contributed by atoms with van der Waals surface area (Å²) in [5.74, 6) is 0.711. The fourth-order valence-electron chi connectivity index (χ4n) is 4.31. The Hall–Kier alpha value is -2.91. The number of anilines is 2. The van der Waals surface area contributed by atoms with Gasteiger partial charge in [-0.25, -0.2) is 8.42 Å². The Morgan fingerprint density at radius 1 is 1.00 bits per heavy atom. The largest absolute Gasteiger partial charge is 0.618 e. The van der Waals surface area contributed by atoms with Gasteiger partial charge in [-0.2, -0.15) is 9.04 Å². The Morgan fingerprint density at radius 2 is 1.73 bits per heavy atom. The molecule has 3 aliphatic rings. The molecule has 156 valence electrons. The molecule has 8 nitrogen and oxygen atoms in total. The van der Waals surface area contributed by atoms with E-state index in [0.29, 0.717) is 50.0 Å². The van der Waals surface area contributed by atoms with Crippen molar-refractivity contribution in [2.75, 3.05) is 55.3 Å². The van der Waals surface area contributed by atoms with Crippen molar-refractivity contribution in [3.05, 3.63) is 59.3 Å². The molecule has 0 atom stereocenters. The van der Waals surface area contributed by atoms with Crippen molar-refractivity contribution in [2.24, 2.45) is 4.99 Å². The minimum atomic E-state index is -3.17. The van der Waals surface area contributed by atoms with Crippen LogP contribution in [0.3, 0.4) is 0 Å². The van der Waals surface area contributed by atoms with E-state index in [2.05, 4.69) is 14.8 Å². The van der Waals surface area contributed by atoms with Gasteiger partial charge in [0, 0.05) is 44.5 Å². The minimum Gasteiger partial charge on any atom is -0.618 e. The fraction of sp³-hybridized carbons (Fsp3) is 0.333. The smallest absolute Gasteiger partial charge is 0.267 e. The van der Waals surface area contributed by atoms with Gasteiger partial charge in [0.05, 0.1) is 18.4 Å². The number of amidine groups is 1. The first-order chi connectivity index (χ1) is 14.4. The molecule has 3 aliphatic heterocycles. The van der Waals surface area contributed by atoms with Crippen LogP contribution in [0.5, 0.6) is 0 Å². The van der Waals surface area contributed by atoms with Crippen LogP contribution < -0.4 is 9.80 Å². The molecule has 3 heterocycles. The van der Waals surface area contributed by atoms with Gasteiger partial charge < -0.3 is 15.0 Å². The van der Waals surface area contributed by atoms with Gasteiger partial charge in [-0.1, -0.05) is 18.2 Å². The van der Waals surface area contributed by atoms with E-state index in [0.717, 1.165) is 28.2 Å². The van der Waals surface area contributed by atoms with E-state index < -0.39 is 10.0 Å². The van der Waals surface area contributed by atoms with Crippen LogP contribution >= 0.6 is 0 Å². The van der Waals surface area contributed by atoms with Gasteiger partial charge >= 0.3 is 0 Å². The zero-order chi connectivity index (χ0) is 20.9. The summed E-state index contributed by atoms with van der Waals surface area (Å²) < 4.78 is 26.0. The Labute approximate surface area is 176 Å². The summed E-state index contributed by atoms with van der Waals surface area (Å²) in [4.78, 5) is 8.90. The SMILES string of the molecule is CS(=O)(=O)N1CCN(c2ccc3c(c2)N2CCN=C2C(c2ccccc2)=[N+]3[O-])CC1. The van der Waals surface area contributed by atoms with Gasteiger partial charge in [0.15, 0.2) is 0 Å². The van der Waals surface area contributed by atoms with Crippen molar-refractivity contribution in [3.63, 3.8) is 0 Å². The molecule has 1 saturated heterocycles. The van der Waals surface area contributed by atoms with E-state index in [4.69, 9.17) is 0 Å². The van der Waals surface area contributed by atoms with E-state index >= 15 is 0 Å². The maximum absolute atomic E-state index is 13.3. The van der Waals surface area contributed by atoms with Crippen LogP contribution in [0.25, 0.3) is 0 Å². The summed E-state index contributed by atoms with van der Waals surface area (Å²) in [5, 5.41) is 13.3. The number of sulfonamides is 1. The molecule has 0 bridgehead atoms. The van der Waals surface area contributed by atoms with Crippen LogP contribution in [0.2, 0.25) is 0 Å². The van der Waals surface area contributed by atoms with E-state index in [-0.39, 0.29) is 0 Å². The first-order valence-electron chi connectivity index (χ1n) is 9.99. The molecule has 0 aliphatic carbocycles. The molecule has 0 unspecified atom stereocenters. The van der Waals surface area contributed by atoms with Gasteiger partial charge in [0.2, 0.25) is 21.5 Å². The second kappa shape index (κ2) is 7.10. The summed E-state index contributed by atoms with van der Waals surface area (Å²) in [6, 6.07) is 15.5. The highest BCUT2D eigenvalue weighted by atomic mass is 32.2. The normalized spacial score (nSPS) is 19.6. The molecule has 0 N–H and O–H groups in total. The lowest BCUT2D eigenvalue weighted by atomic mass is 10.0. The lowest BCUT2D eigenvalue weighted by Crippen LogP contribution is -2.48. The molecule has 0 aromatic heterocycles. The molecular formula is C21H23N5O3S.